The number of nitrogens with one attached hydrogen (secondary N) is 1. The summed E-state index contributed by atoms with van der Waals surface area (Å²) in [5, 5.41) is 12.2. The van der Waals surface area contributed by atoms with Gasteiger partial charge >= 0.3 is 0 Å². The third-order valence-corrected chi connectivity index (χ3v) is 3.47. The Balaban J connectivity index is 1.83. The molecule has 1 amide bonds. The molecule has 0 atom stereocenters. The predicted octanol–water partition coefficient (Wildman–Crippen LogP) is 3.22. The number of benzene rings is 2. The fraction of sp³-hybridized carbons (Fsp3) is 0.176. The van der Waals surface area contributed by atoms with Gasteiger partial charge in [-0.15, -0.1) is 0 Å². The fourth-order valence-corrected chi connectivity index (χ4v) is 1.98. The van der Waals surface area contributed by atoms with E-state index in [-0.39, 0.29) is 12.5 Å². The van der Waals surface area contributed by atoms with E-state index >= 15 is 0 Å². The summed E-state index contributed by atoms with van der Waals surface area (Å²) in [6.07, 6.45) is 0. The summed E-state index contributed by atoms with van der Waals surface area (Å²) >= 11 is 5.93. The molecule has 0 aliphatic heterocycles. The third-order valence-electron chi connectivity index (χ3n) is 3.05. The molecule has 0 aliphatic rings. The van der Waals surface area contributed by atoms with Crippen LogP contribution in [0.15, 0.2) is 42.5 Å². The molecule has 0 fully saturated rings. The zero-order valence-electron chi connectivity index (χ0n) is 12.1. The maximum atomic E-state index is 11.8. The highest BCUT2D eigenvalue weighted by atomic mass is 35.5. The first kappa shape index (κ1) is 15.9. The van der Waals surface area contributed by atoms with E-state index in [1.807, 2.05) is 13.0 Å². The molecule has 2 aromatic rings. The molecule has 2 rings (SSSR count). The van der Waals surface area contributed by atoms with E-state index in [2.05, 4.69) is 11.4 Å². The van der Waals surface area contributed by atoms with Crippen LogP contribution in [-0.2, 0) is 11.3 Å². The number of carbonyl (C=O) groups is 1. The molecule has 0 bridgehead atoms. The summed E-state index contributed by atoms with van der Waals surface area (Å²) in [5.41, 5.74) is 2.34. The highest BCUT2D eigenvalue weighted by Gasteiger charge is 2.04. The van der Waals surface area contributed by atoms with Gasteiger partial charge in [0.2, 0.25) is 0 Å². The lowest BCUT2D eigenvalue weighted by Crippen LogP contribution is -2.28. The summed E-state index contributed by atoms with van der Waals surface area (Å²) in [5.74, 6) is 0.374. The van der Waals surface area contributed by atoms with Gasteiger partial charge in [-0.25, -0.2) is 0 Å². The van der Waals surface area contributed by atoms with Crippen LogP contribution in [0.2, 0.25) is 5.02 Å². The molecule has 0 spiro atoms. The van der Waals surface area contributed by atoms with Crippen LogP contribution in [0.5, 0.6) is 5.75 Å². The zero-order valence-corrected chi connectivity index (χ0v) is 12.9. The maximum Gasteiger partial charge on any atom is 0.258 e. The van der Waals surface area contributed by atoms with E-state index in [0.717, 1.165) is 11.1 Å². The molecule has 0 unspecified atom stereocenters. The van der Waals surface area contributed by atoms with Crippen molar-refractivity contribution in [2.24, 2.45) is 0 Å². The fourth-order valence-electron chi connectivity index (χ4n) is 1.86. The summed E-state index contributed by atoms with van der Waals surface area (Å²) < 4.78 is 5.41. The Morgan fingerprint density at radius 1 is 1.32 bits per heavy atom. The predicted molar refractivity (Wildman–Crippen MR) is 84.7 cm³/mol. The Morgan fingerprint density at radius 3 is 2.86 bits per heavy atom. The SMILES string of the molecule is Cc1cc(OCC(=O)NCc2cccc(C#N)c2)ccc1Cl. The summed E-state index contributed by atoms with van der Waals surface area (Å²) in [7, 11) is 0. The van der Waals surface area contributed by atoms with Crippen molar-refractivity contribution in [3.05, 3.63) is 64.2 Å². The molecule has 4 nitrogen and oxygen atoms in total. The first-order valence-corrected chi connectivity index (χ1v) is 7.11. The highest BCUT2D eigenvalue weighted by molar-refractivity contribution is 6.31. The minimum absolute atomic E-state index is 0.0704. The number of nitrogens with zero attached hydrogens (tertiary/aromatic N) is 1. The number of hydrogen-bond donors (Lipinski definition) is 1. The Bertz CT molecular complexity index is 723. The second-order valence-electron chi connectivity index (χ2n) is 4.79. The van der Waals surface area contributed by atoms with Crippen LogP contribution in [0, 0.1) is 18.3 Å². The normalized spacial score (nSPS) is 9.86. The molecule has 0 radical (unpaired) electrons. The van der Waals surface area contributed by atoms with E-state index in [1.54, 1.807) is 36.4 Å². The summed E-state index contributed by atoms with van der Waals surface area (Å²) in [6, 6.07) is 14.4. The van der Waals surface area contributed by atoms with Crippen molar-refractivity contribution in [3.8, 4) is 11.8 Å². The van der Waals surface area contributed by atoms with Crippen molar-refractivity contribution < 1.29 is 9.53 Å². The Kier molecular flexibility index (Phi) is 5.40. The van der Waals surface area contributed by atoms with Gasteiger partial charge in [-0.2, -0.15) is 5.26 Å². The van der Waals surface area contributed by atoms with Crippen LogP contribution in [0.3, 0.4) is 0 Å². The molecule has 0 aromatic heterocycles. The molecule has 112 valence electrons. The van der Waals surface area contributed by atoms with E-state index in [0.29, 0.717) is 22.9 Å². The van der Waals surface area contributed by atoms with Crippen LogP contribution in [-0.4, -0.2) is 12.5 Å². The number of carbonyl (C=O) groups excluding carboxylic acids is 1. The van der Waals surface area contributed by atoms with Crippen molar-refractivity contribution in [2.45, 2.75) is 13.5 Å². The Morgan fingerprint density at radius 2 is 2.14 bits per heavy atom. The van der Waals surface area contributed by atoms with Crippen LogP contribution in [0.25, 0.3) is 0 Å². The van der Waals surface area contributed by atoms with Crippen LogP contribution in [0.1, 0.15) is 16.7 Å². The van der Waals surface area contributed by atoms with E-state index in [4.69, 9.17) is 21.6 Å². The van der Waals surface area contributed by atoms with Crippen LogP contribution in [0.4, 0.5) is 0 Å². The number of ether oxygens (including phenoxy) is 1. The highest BCUT2D eigenvalue weighted by Crippen LogP contribution is 2.20. The number of nitriles is 1. The van der Waals surface area contributed by atoms with Gasteiger partial charge in [0.1, 0.15) is 5.75 Å². The summed E-state index contributed by atoms with van der Waals surface area (Å²) in [4.78, 5) is 11.8. The molecular formula is C17H15ClN2O2. The number of halogens is 1. The second kappa shape index (κ2) is 7.48. The van der Waals surface area contributed by atoms with Gasteiger partial charge in [0.25, 0.3) is 5.91 Å². The van der Waals surface area contributed by atoms with Crippen molar-refractivity contribution in [2.75, 3.05) is 6.61 Å². The molecule has 22 heavy (non-hydrogen) atoms. The summed E-state index contributed by atoms with van der Waals surface area (Å²) in [6.45, 7) is 2.16. The van der Waals surface area contributed by atoms with Crippen molar-refractivity contribution in [3.63, 3.8) is 0 Å². The average Bonchev–Trinajstić information content (AvgIpc) is 2.54. The molecule has 1 N–H and O–H groups in total. The van der Waals surface area contributed by atoms with Gasteiger partial charge in [0.15, 0.2) is 6.61 Å². The molecule has 0 saturated heterocycles. The molecule has 2 aromatic carbocycles. The standard InChI is InChI=1S/C17H15ClN2O2/c1-12-7-15(5-6-16(12)18)22-11-17(21)20-10-14-4-2-3-13(8-14)9-19/h2-8H,10-11H2,1H3,(H,20,21). The molecule has 0 saturated carbocycles. The minimum Gasteiger partial charge on any atom is -0.484 e. The molecule has 5 heteroatoms. The Hall–Kier alpha value is -2.51. The lowest BCUT2D eigenvalue weighted by atomic mass is 10.1. The molecular weight excluding hydrogens is 300 g/mol. The molecule has 0 aliphatic carbocycles. The van der Waals surface area contributed by atoms with E-state index in [9.17, 15) is 4.79 Å². The van der Waals surface area contributed by atoms with Gasteiger partial charge in [-0.3, -0.25) is 4.79 Å². The zero-order chi connectivity index (χ0) is 15.9. The smallest absolute Gasteiger partial charge is 0.258 e. The van der Waals surface area contributed by atoms with Gasteiger partial charge in [0, 0.05) is 11.6 Å². The average molecular weight is 315 g/mol. The quantitative estimate of drug-likeness (QED) is 0.921. The van der Waals surface area contributed by atoms with E-state index in [1.165, 1.54) is 0 Å². The first-order chi connectivity index (χ1) is 10.6. The van der Waals surface area contributed by atoms with Gasteiger partial charge in [-0.1, -0.05) is 23.7 Å². The largest absolute Gasteiger partial charge is 0.484 e. The maximum absolute atomic E-state index is 11.8. The lowest BCUT2D eigenvalue weighted by molar-refractivity contribution is -0.123. The minimum atomic E-state index is -0.227. The topological polar surface area (TPSA) is 62.1 Å². The second-order valence-corrected chi connectivity index (χ2v) is 5.20. The monoisotopic (exact) mass is 314 g/mol. The molecule has 0 heterocycles. The number of amides is 1. The van der Waals surface area contributed by atoms with Crippen molar-refractivity contribution in [1.82, 2.24) is 5.32 Å². The van der Waals surface area contributed by atoms with Crippen molar-refractivity contribution >= 4 is 17.5 Å². The van der Waals surface area contributed by atoms with Crippen molar-refractivity contribution in [1.29, 1.82) is 5.26 Å². The first-order valence-electron chi connectivity index (χ1n) is 6.73. The lowest BCUT2D eigenvalue weighted by Gasteiger charge is -2.09. The number of aryl methyl sites for hydroxylation is 1. The van der Waals surface area contributed by atoms with Gasteiger partial charge in [0.05, 0.1) is 11.6 Å². The number of rotatable bonds is 5. The van der Waals surface area contributed by atoms with Crippen LogP contribution < -0.4 is 10.1 Å². The Labute approximate surface area is 134 Å². The van der Waals surface area contributed by atoms with Gasteiger partial charge < -0.3 is 10.1 Å². The third kappa shape index (κ3) is 4.51. The van der Waals surface area contributed by atoms with Gasteiger partial charge in [-0.05, 0) is 48.4 Å². The van der Waals surface area contributed by atoms with E-state index < -0.39 is 0 Å². The number of hydrogen-bond acceptors (Lipinski definition) is 3. The van der Waals surface area contributed by atoms with Crippen LogP contribution >= 0.6 is 11.6 Å².